The molecule has 3 heteroatoms. The molecule has 3 nitrogen and oxygen atoms in total. The van der Waals surface area contributed by atoms with Gasteiger partial charge in [0.05, 0.1) is 0 Å². The fourth-order valence-electron chi connectivity index (χ4n) is 2.56. The number of hydrogen-bond acceptors (Lipinski definition) is 3. The molecular formula is C18H32N2O. The minimum Gasteiger partial charge on any atom is -0.492 e. The predicted molar refractivity (Wildman–Crippen MR) is 90.8 cm³/mol. The molecule has 0 spiro atoms. The lowest BCUT2D eigenvalue weighted by molar-refractivity contribution is 0.177. The summed E-state index contributed by atoms with van der Waals surface area (Å²) in [6.07, 6.45) is 0. The normalized spacial score (nSPS) is 11.6. The Morgan fingerprint density at radius 3 is 2.24 bits per heavy atom. The van der Waals surface area contributed by atoms with Crippen molar-refractivity contribution in [3.8, 4) is 5.75 Å². The van der Waals surface area contributed by atoms with Gasteiger partial charge in [-0.2, -0.15) is 0 Å². The summed E-state index contributed by atoms with van der Waals surface area (Å²) < 4.78 is 6.00. The van der Waals surface area contributed by atoms with E-state index >= 15 is 0 Å². The van der Waals surface area contributed by atoms with E-state index in [1.807, 2.05) is 13.1 Å². The van der Waals surface area contributed by atoms with Crippen LogP contribution >= 0.6 is 0 Å². The van der Waals surface area contributed by atoms with E-state index in [0.717, 1.165) is 38.5 Å². The number of hydrogen-bond donors (Lipinski definition) is 1. The zero-order valence-electron chi connectivity index (χ0n) is 14.4. The standard InChI is InChI=1S/C18H32N2O/c1-15(2)13-20(14-16(3)4)10-11-21-18-9-7-6-8-17(18)12-19-5/h6-9,15-16,19H,10-14H2,1-5H3. The molecule has 0 bridgehead atoms. The van der Waals surface area contributed by atoms with Gasteiger partial charge in [0, 0.05) is 31.7 Å². The molecule has 0 radical (unpaired) electrons. The van der Waals surface area contributed by atoms with Crippen LogP contribution in [0.4, 0.5) is 0 Å². The van der Waals surface area contributed by atoms with Crippen LogP contribution in [0, 0.1) is 11.8 Å². The Bertz CT molecular complexity index is 381. The topological polar surface area (TPSA) is 24.5 Å². The molecule has 0 aliphatic carbocycles. The molecule has 1 aromatic rings. The Labute approximate surface area is 130 Å². The molecule has 0 atom stereocenters. The number of nitrogens with zero attached hydrogens (tertiary/aromatic N) is 1. The van der Waals surface area contributed by atoms with Gasteiger partial charge >= 0.3 is 0 Å². The van der Waals surface area contributed by atoms with Crippen LogP contribution in [-0.2, 0) is 6.54 Å². The first kappa shape index (κ1) is 18.0. The summed E-state index contributed by atoms with van der Waals surface area (Å²) in [7, 11) is 1.96. The predicted octanol–water partition coefficient (Wildman–Crippen LogP) is 3.40. The van der Waals surface area contributed by atoms with Crippen molar-refractivity contribution in [1.29, 1.82) is 0 Å². The molecule has 0 saturated heterocycles. The van der Waals surface area contributed by atoms with Crippen LogP contribution in [0.3, 0.4) is 0 Å². The van der Waals surface area contributed by atoms with Gasteiger partial charge in [0.25, 0.3) is 0 Å². The third-order valence-corrected chi connectivity index (χ3v) is 3.25. The first-order valence-electron chi connectivity index (χ1n) is 8.10. The van der Waals surface area contributed by atoms with Crippen molar-refractivity contribution >= 4 is 0 Å². The van der Waals surface area contributed by atoms with Crippen LogP contribution < -0.4 is 10.1 Å². The molecule has 0 saturated carbocycles. The van der Waals surface area contributed by atoms with E-state index in [4.69, 9.17) is 4.74 Å². The summed E-state index contributed by atoms with van der Waals surface area (Å²) in [6.45, 7) is 14.0. The number of rotatable bonds is 10. The molecule has 21 heavy (non-hydrogen) atoms. The van der Waals surface area contributed by atoms with Gasteiger partial charge in [-0.1, -0.05) is 45.9 Å². The zero-order chi connectivity index (χ0) is 15.7. The maximum Gasteiger partial charge on any atom is 0.123 e. The molecule has 0 unspecified atom stereocenters. The van der Waals surface area contributed by atoms with Gasteiger partial charge in [-0.3, -0.25) is 4.90 Å². The fourth-order valence-corrected chi connectivity index (χ4v) is 2.56. The van der Waals surface area contributed by atoms with E-state index in [-0.39, 0.29) is 0 Å². The zero-order valence-corrected chi connectivity index (χ0v) is 14.4. The third kappa shape index (κ3) is 7.49. The third-order valence-electron chi connectivity index (χ3n) is 3.25. The van der Waals surface area contributed by atoms with Crippen molar-refractivity contribution in [2.45, 2.75) is 34.2 Å². The highest BCUT2D eigenvalue weighted by atomic mass is 16.5. The summed E-state index contributed by atoms with van der Waals surface area (Å²) in [6, 6.07) is 8.27. The lowest BCUT2D eigenvalue weighted by Gasteiger charge is -2.26. The van der Waals surface area contributed by atoms with Crippen LogP contribution in [0.1, 0.15) is 33.3 Å². The molecule has 0 amide bonds. The van der Waals surface area contributed by atoms with Crippen LogP contribution in [-0.4, -0.2) is 38.2 Å². The van der Waals surface area contributed by atoms with Crippen molar-refractivity contribution in [3.63, 3.8) is 0 Å². The lowest BCUT2D eigenvalue weighted by atomic mass is 10.1. The Kier molecular flexibility index (Phi) is 8.40. The summed E-state index contributed by atoms with van der Waals surface area (Å²) in [4.78, 5) is 2.51. The Balaban J connectivity index is 2.49. The molecule has 0 heterocycles. The Hall–Kier alpha value is -1.06. The van der Waals surface area contributed by atoms with E-state index in [0.29, 0.717) is 11.8 Å². The summed E-state index contributed by atoms with van der Waals surface area (Å²) in [5.41, 5.74) is 1.22. The molecule has 0 aromatic heterocycles. The van der Waals surface area contributed by atoms with Gasteiger partial charge < -0.3 is 10.1 Å². The minimum atomic E-state index is 0.695. The second kappa shape index (κ2) is 9.80. The van der Waals surface area contributed by atoms with Crippen LogP contribution in [0.5, 0.6) is 5.75 Å². The maximum atomic E-state index is 6.00. The molecule has 0 aliphatic heterocycles. The van der Waals surface area contributed by atoms with Crippen molar-refractivity contribution in [3.05, 3.63) is 29.8 Å². The quantitative estimate of drug-likeness (QED) is 0.715. The first-order valence-corrected chi connectivity index (χ1v) is 8.10. The second-order valence-corrected chi connectivity index (χ2v) is 6.53. The van der Waals surface area contributed by atoms with E-state index in [1.165, 1.54) is 5.56 Å². The number of nitrogens with one attached hydrogen (secondary N) is 1. The molecule has 0 aliphatic rings. The van der Waals surface area contributed by atoms with Gasteiger partial charge in [-0.25, -0.2) is 0 Å². The van der Waals surface area contributed by atoms with Gasteiger partial charge in [-0.05, 0) is 24.9 Å². The number of benzene rings is 1. The SMILES string of the molecule is CNCc1ccccc1OCCN(CC(C)C)CC(C)C. The summed E-state index contributed by atoms with van der Waals surface area (Å²) in [5, 5.41) is 3.19. The minimum absolute atomic E-state index is 0.695. The van der Waals surface area contributed by atoms with Gasteiger partial charge in [0.15, 0.2) is 0 Å². The van der Waals surface area contributed by atoms with Crippen molar-refractivity contribution in [2.24, 2.45) is 11.8 Å². The van der Waals surface area contributed by atoms with Crippen LogP contribution in [0.2, 0.25) is 0 Å². The first-order chi connectivity index (χ1) is 10.0. The molecule has 0 fully saturated rings. The fraction of sp³-hybridized carbons (Fsp3) is 0.667. The molecule has 1 aromatic carbocycles. The molecular weight excluding hydrogens is 260 g/mol. The monoisotopic (exact) mass is 292 g/mol. The maximum absolute atomic E-state index is 6.00. The second-order valence-electron chi connectivity index (χ2n) is 6.53. The van der Waals surface area contributed by atoms with Crippen molar-refractivity contribution in [2.75, 3.05) is 33.3 Å². The average molecular weight is 292 g/mol. The summed E-state index contributed by atoms with van der Waals surface area (Å²) in [5.74, 6) is 2.39. The van der Waals surface area contributed by atoms with Crippen molar-refractivity contribution in [1.82, 2.24) is 10.2 Å². The summed E-state index contributed by atoms with van der Waals surface area (Å²) >= 11 is 0. The van der Waals surface area contributed by atoms with Crippen molar-refractivity contribution < 1.29 is 4.74 Å². The van der Waals surface area contributed by atoms with E-state index in [2.05, 4.69) is 56.1 Å². The highest BCUT2D eigenvalue weighted by molar-refractivity contribution is 5.33. The smallest absolute Gasteiger partial charge is 0.123 e. The number of para-hydroxylation sites is 1. The van der Waals surface area contributed by atoms with E-state index in [1.54, 1.807) is 0 Å². The van der Waals surface area contributed by atoms with Crippen LogP contribution in [0.25, 0.3) is 0 Å². The molecule has 120 valence electrons. The largest absolute Gasteiger partial charge is 0.492 e. The molecule has 1 rings (SSSR count). The highest BCUT2D eigenvalue weighted by Gasteiger charge is 2.10. The Morgan fingerprint density at radius 1 is 1.05 bits per heavy atom. The lowest BCUT2D eigenvalue weighted by Crippen LogP contribution is -2.34. The Morgan fingerprint density at radius 2 is 1.67 bits per heavy atom. The number of ether oxygens (including phenoxy) is 1. The van der Waals surface area contributed by atoms with E-state index < -0.39 is 0 Å². The van der Waals surface area contributed by atoms with Gasteiger partial charge in [-0.15, -0.1) is 0 Å². The molecule has 1 N–H and O–H groups in total. The van der Waals surface area contributed by atoms with Gasteiger partial charge in [0.2, 0.25) is 0 Å². The van der Waals surface area contributed by atoms with Crippen LogP contribution in [0.15, 0.2) is 24.3 Å². The van der Waals surface area contributed by atoms with E-state index in [9.17, 15) is 0 Å². The average Bonchev–Trinajstić information content (AvgIpc) is 2.39. The highest BCUT2D eigenvalue weighted by Crippen LogP contribution is 2.17. The van der Waals surface area contributed by atoms with Gasteiger partial charge in [0.1, 0.15) is 12.4 Å².